The number of benzene rings is 2. The smallest absolute Gasteiger partial charge is 0.280 e. The third kappa shape index (κ3) is 3.69. The highest BCUT2D eigenvalue weighted by Crippen LogP contribution is 2.20. The van der Waals surface area contributed by atoms with E-state index >= 15 is 0 Å². The number of nitrogens with one attached hydrogen (secondary N) is 1. The van der Waals surface area contributed by atoms with E-state index in [2.05, 4.69) is 0 Å². The largest absolute Gasteiger partial charge is 0.288 e. The molecule has 0 aliphatic rings. The maximum Gasteiger partial charge on any atom is 0.280 e. The van der Waals surface area contributed by atoms with Gasteiger partial charge in [-0.05, 0) is 6.07 Å². The standard InChI is InChI=1S/C13H9NO3.CHNO/c15-13(10-6-2-1-3-7-10)11-8-4-5-9-12(11)14(16)17;2-1-3/h1-9H;2H. The van der Waals surface area contributed by atoms with Gasteiger partial charge in [-0.25, -0.2) is 10.2 Å². The predicted octanol–water partition coefficient (Wildman–Crippen LogP) is 2.73. The first-order valence-electron chi connectivity index (χ1n) is 5.49. The molecule has 0 radical (unpaired) electrons. The number of nitro benzene ring substituents is 1. The highest BCUT2D eigenvalue weighted by molar-refractivity contribution is 6.11. The topological polar surface area (TPSA) is 101 Å². The summed E-state index contributed by atoms with van der Waals surface area (Å²) in [7, 11) is 0. The number of ketones is 1. The Morgan fingerprint density at radius 2 is 1.55 bits per heavy atom. The lowest BCUT2D eigenvalue weighted by Gasteiger charge is -2.01. The van der Waals surface area contributed by atoms with Crippen LogP contribution in [0.1, 0.15) is 15.9 Å². The molecule has 0 unspecified atom stereocenters. The fraction of sp³-hybridized carbons (Fsp3) is 0. The fourth-order valence-corrected chi connectivity index (χ4v) is 1.57. The van der Waals surface area contributed by atoms with E-state index in [0.717, 1.165) is 6.08 Å². The van der Waals surface area contributed by atoms with Crippen LogP contribution in [0.2, 0.25) is 0 Å². The zero-order chi connectivity index (χ0) is 15.0. The van der Waals surface area contributed by atoms with Crippen LogP contribution in [-0.4, -0.2) is 16.8 Å². The number of hydrogen-bond acceptors (Lipinski definition) is 5. The van der Waals surface area contributed by atoms with Gasteiger partial charge in [0.05, 0.1) is 4.92 Å². The average molecular weight is 270 g/mol. The first kappa shape index (κ1) is 14.9. The molecule has 0 spiro atoms. The number of isocyanates is 1. The van der Waals surface area contributed by atoms with Crippen molar-refractivity contribution in [2.75, 3.05) is 0 Å². The Morgan fingerprint density at radius 3 is 2.10 bits per heavy atom. The van der Waals surface area contributed by atoms with Crippen LogP contribution in [0.3, 0.4) is 0 Å². The number of nitro groups is 1. The SMILES string of the molecule is N=C=O.O=C(c1ccccc1)c1ccccc1[N+](=O)[O-]. The summed E-state index contributed by atoms with van der Waals surface area (Å²) in [6.45, 7) is 0. The van der Waals surface area contributed by atoms with Crippen molar-refractivity contribution in [1.29, 1.82) is 5.41 Å². The van der Waals surface area contributed by atoms with Crippen LogP contribution in [0.5, 0.6) is 0 Å². The van der Waals surface area contributed by atoms with E-state index in [1.54, 1.807) is 42.5 Å². The molecule has 0 amide bonds. The predicted molar refractivity (Wildman–Crippen MR) is 71.4 cm³/mol. The third-order valence-electron chi connectivity index (χ3n) is 2.38. The molecule has 0 atom stereocenters. The fourth-order valence-electron chi connectivity index (χ4n) is 1.57. The van der Waals surface area contributed by atoms with Gasteiger partial charge in [0.2, 0.25) is 6.08 Å². The molecule has 6 nitrogen and oxygen atoms in total. The third-order valence-corrected chi connectivity index (χ3v) is 2.38. The van der Waals surface area contributed by atoms with Crippen molar-refractivity contribution in [3.05, 3.63) is 75.8 Å². The summed E-state index contributed by atoms with van der Waals surface area (Å²) in [4.78, 5) is 30.7. The minimum atomic E-state index is -0.545. The molecule has 0 aromatic heterocycles. The average Bonchev–Trinajstić information content (AvgIpc) is 2.48. The second kappa shape index (κ2) is 7.35. The first-order valence-corrected chi connectivity index (χ1v) is 5.49. The molecule has 0 aliphatic heterocycles. The van der Waals surface area contributed by atoms with Gasteiger partial charge >= 0.3 is 0 Å². The number of carbonyl (C=O) groups is 1. The number of carbonyl (C=O) groups excluding carboxylic acids is 2. The molecule has 0 aliphatic carbocycles. The van der Waals surface area contributed by atoms with Gasteiger partial charge in [0.15, 0.2) is 5.78 Å². The molecule has 2 aromatic rings. The highest BCUT2D eigenvalue weighted by atomic mass is 16.6. The number of nitrogens with zero attached hydrogens (tertiary/aromatic N) is 1. The molecule has 0 saturated carbocycles. The quantitative estimate of drug-likeness (QED) is 0.304. The molecule has 0 fully saturated rings. The van der Waals surface area contributed by atoms with Crippen LogP contribution < -0.4 is 0 Å². The van der Waals surface area contributed by atoms with Crippen LogP contribution in [-0.2, 0) is 4.79 Å². The van der Waals surface area contributed by atoms with Crippen molar-refractivity contribution < 1.29 is 14.5 Å². The Hall–Kier alpha value is -3.11. The van der Waals surface area contributed by atoms with Crippen molar-refractivity contribution in [2.45, 2.75) is 0 Å². The molecule has 1 N–H and O–H groups in total. The van der Waals surface area contributed by atoms with Gasteiger partial charge in [0, 0.05) is 11.6 Å². The van der Waals surface area contributed by atoms with Crippen LogP contribution in [0.15, 0.2) is 54.6 Å². The zero-order valence-electron chi connectivity index (χ0n) is 10.3. The lowest BCUT2D eigenvalue weighted by molar-refractivity contribution is -0.385. The molecule has 20 heavy (non-hydrogen) atoms. The van der Waals surface area contributed by atoms with E-state index in [0.29, 0.717) is 5.56 Å². The molecule has 2 rings (SSSR count). The van der Waals surface area contributed by atoms with E-state index < -0.39 is 4.92 Å². The van der Waals surface area contributed by atoms with Gasteiger partial charge in [0.25, 0.3) is 5.69 Å². The van der Waals surface area contributed by atoms with E-state index in [-0.39, 0.29) is 17.0 Å². The van der Waals surface area contributed by atoms with Gasteiger partial charge in [0.1, 0.15) is 5.56 Å². The summed E-state index contributed by atoms with van der Waals surface area (Å²) in [5.41, 5.74) is 0.395. The Bertz CT molecular complexity index is 647. The second-order valence-corrected chi connectivity index (χ2v) is 3.57. The van der Waals surface area contributed by atoms with Crippen LogP contribution >= 0.6 is 0 Å². The maximum absolute atomic E-state index is 12.1. The van der Waals surface area contributed by atoms with Crippen molar-refractivity contribution in [3.63, 3.8) is 0 Å². The van der Waals surface area contributed by atoms with Gasteiger partial charge in [-0.1, -0.05) is 42.5 Å². The Kier molecular flexibility index (Phi) is 5.50. The van der Waals surface area contributed by atoms with Crippen LogP contribution in [0.4, 0.5) is 5.69 Å². The Morgan fingerprint density at radius 1 is 1.05 bits per heavy atom. The van der Waals surface area contributed by atoms with Gasteiger partial charge in [-0.3, -0.25) is 14.9 Å². The first-order chi connectivity index (χ1) is 9.61. The monoisotopic (exact) mass is 270 g/mol. The second-order valence-electron chi connectivity index (χ2n) is 3.57. The summed E-state index contributed by atoms with van der Waals surface area (Å²) < 4.78 is 0. The van der Waals surface area contributed by atoms with Crippen molar-refractivity contribution in [1.82, 2.24) is 0 Å². The normalized spacial score (nSPS) is 8.80. The molecule has 0 saturated heterocycles. The molecular formula is C14H10N2O4. The van der Waals surface area contributed by atoms with E-state index in [1.807, 2.05) is 0 Å². The van der Waals surface area contributed by atoms with Crippen molar-refractivity contribution >= 4 is 17.6 Å². The number of hydrogen-bond donors (Lipinski definition) is 1. The Balaban J connectivity index is 0.000000612. The van der Waals surface area contributed by atoms with E-state index in [1.165, 1.54) is 12.1 Å². The summed E-state index contributed by atoms with van der Waals surface area (Å²) in [5.74, 6) is -0.335. The maximum atomic E-state index is 12.1. The molecular weight excluding hydrogens is 260 g/mol. The molecule has 2 aromatic carbocycles. The van der Waals surface area contributed by atoms with Gasteiger partial charge in [-0.2, -0.15) is 0 Å². The molecule has 6 heteroatoms. The van der Waals surface area contributed by atoms with E-state index in [9.17, 15) is 14.9 Å². The summed E-state index contributed by atoms with van der Waals surface area (Å²) in [5, 5.41) is 16.2. The van der Waals surface area contributed by atoms with Gasteiger partial charge < -0.3 is 0 Å². The van der Waals surface area contributed by atoms with Crippen molar-refractivity contribution in [2.24, 2.45) is 0 Å². The summed E-state index contributed by atoms with van der Waals surface area (Å²) >= 11 is 0. The molecule has 100 valence electrons. The lowest BCUT2D eigenvalue weighted by Crippen LogP contribution is -2.04. The highest BCUT2D eigenvalue weighted by Gasteiger charge is 2.19. The minimum Gasteiger partial charge on any atom is -0.288 e. The molecule has 0 bridgehead atoms. The van der Waals surface area contributed by atoms with E-state index in [4.69, 9.17) is 10.2 Å². The number of para-hydroxylation sites is 1. The summed E-state index contributed by atoms with van der Waals surface area (Å²) in [6.07, 6.45) is 0.750. The zero-order valence-corrected chi connectivity index (χ0v) is 10.3. The van der Waals surface area contributed by atoms with Crippen LogP contribution in [0.25, 0.3) is 0 Å². The lowest BCUT2D eigenvalue weighted by atomic mass is 10.0. The molecule has 0 heterocycles. The van der Waals surface area contributed by atoms with Crippen LogP contribution in [0, 0.1) is 15.5 Å². The summed E-state index contributed by atoms with van der Waals surface area (Å²) in [6, 6.07) is 14.5. The van der Waals surface area contributed by atoms with Crippen molar-refractivity contribution in [3.8, 4) is 0 Å². The number of rotatable bonds is 3. The minimum absolute atomic E-state index is 0.115. The Labute approximate surface area is 114 Å². The van der Waals surface area contributed by atoms with Gasteiger partial charge in [-0.15, -0.1) is 0 Å².